The number of methoxy groups -OCH3 is 1. The summed E-state index contributed by atoms with van der Waals surface area (Å²) in [5, 5.41) is 0. The van der Waals surface area contributed by atoms with Gasteiger partial charge in [0, 0.05) is 13.0 Å². The quantitative estimate of drug-likeness (QED) is 0.681. The maximum absolute atomic E-state index is 11.7. The van der Waals surface area contributed by atoms with Crippen LogP contribution in [0.5, 0.6) is 0 Å². The van der Waals surface area contributed by atoms with Gasteiger partial charge in [-0.25, -0.2) is 13.1 Å². The molecule has 1 saturated carbocycles. The molecule has 18 heavy (non-hydrogen) atoms. The normalized spacial score (nSPS) is 18.1. The van der Waals surface area contributed by atoms with Crippen LogP contribution in [-0.2, 0) is 19.6 Å². The Kier molecular flexibility index (Phi) is 5.59. The molecule has 0 saturated heterocycles. The molecule has 0 aromatic carbocycles. The fourth-order valence-electron chi connectivity index (χ4n) is 2.18. The lowest BCUT2D eigenvalue weighted by molar-refractivity contribution is -0.140. The van der Waals surface area contributed by atoms with Gasteiger partial charge in [0.2, 0.25) is 10.0 Å². The highest BCUT2D eigenvalue weighted by Gasteiger charge is 2.35. The number of carbonyl (C=O) groups is 1. The van der Waals surface area contributed by atoms with Gasteiger partial charge in [-0.05, 0) is 31.1 Å². The van der Waals surface area contributed by atoms with Crippen LogP contribution in [-0.4, -0.2) is 33.8 Å². The number of sulfonamides is 1. The predicted octanol–water partition coefficient (Wildman–Crippen LogP) is 1.44. The Morgan fingerprint density at radius 3 is 2.50 bits per heavy atom. The van der Waals surface area contributed by atoms with Crippen molar-refractivity contribution in [1.82, 2.24) is 4.72 Å². The highest BCUT2D eigenvalue weighted by molar-refractivity contribution is 7.89. The van der Waals surface area contributed by atoms with E-state index < -0.39 is 10.0 Å². The Bertz CT molecular complexity index is 368. The standard InChI is InChI=1S/C12H23NO4S/c1-3-12(7-5-8-12)10-13-18(15,16)9-4-6-11(14)17-2/h13H,3-10H2,1-2H3. The summed E-state index contributed by atoms with van der Waals surface area (Å²) in [5.41, 5.74) is 0.176. The Hall–Kier alpha value is -0.620. The first-order valence-electron chi connectivity index (χ1n) is 6.47. The van der Waals surface area contributed by atoms with Gasteiger partial charge in [0.1, 0.15) is 0 Å². The van der Waals surface area contributed by atoms with Crippen molar-refractivity contribution in [2.45, 2.75) is 45.4 Å². The van der Waals surface area contributed by atoms with Crippen LogP contribution < -0.4 is 4.72 Å². The SMILES string of the molecule is CCC1(CNS(=O)(=O)CCCC(=O)OC)CCC1. The van der Waals surface area contributed by atoms with Gasteiger partial charge in [-0.2, -0.15) is 0 Å². The Morgan fingerprint density at radius 1 is 1.39 bits per heavy atom. The molecule has 5 nitrogen and oxygen atoms in total. The van der Waals surface area contributed by atoms with Crippen molar-refractivity contribution in [1.29, 1.82) is 0 Å². The van der Waals surface area contributed by atoms with Gasteiger partial charge in [-0.1, -0.05) is 13.3 Å². The minimum atomic E-state index is -3.26. The number of rotatable bonds is 8. The molecule has 1 aliphatic carbocycles. The van der Waals surface area contributed by atoms with Gasteiger partial charge < -0.3 is 4.74 Å². The Labute approximate surface area is 109 Å². The van der Waals surface area contributed by atoms with E-state index >= 15 is 0 Å². The predicted molar refractivity (Wildman–Crippen MR) is 69.6 cm³/mol. The van der Waals surface area contributed by atoms with Crippen molar-refractivity contribution in [2.24, 2.45) is 5.41 Å². The Morgan fingerprint density at radius 2 is 2.06 bits per heavy atom. The van der Waals surface area contributed by atoms with Gasteiger partial charge in [0.15, 0.2) is 0 Å². The molecule has 0 radical (unpaired) electrons. The van der Waals surface area contributed by atoms with Gasteiger partial charge >= 0.3 is 5.97 Å². The molecule has 0 bridgehead atoms. The summed E-state index contributed by atoms with van der Waals surface area (Å²) in [5.74, 6) is -0.378. The molecule has 106 valence electrons. The van der Waals surface area contributed by atoms with Crippen LogP contribution >= 0.6 is 0 Å². The molecular weight excluding hydrogens is 254 g/mol. The molecular formula is C12H23NO4S. The van der Waals surface area contributed by atoms with E-state index in [-0.39, 0.29) is 23.6 Å². The van der Waals surface area contributed by atoms with E-state index in [2.05, 4.69) is 16.4 Å². The number of hydrogen-bond acceptors (Lipinski definition) is 4. The van der Waals surface area contributed by atoms with Gasteiger partial charge in [0.05, 0.1) is 12.9 Å². The lowest BCUT2D eigenvalue weighted by Crippen LogP contribution is -2.42. The van der Waals surface area contributed by atoms with Gasteiger partial charge in [-0.3, -0.25) is 4.79 Å². The fraction of sp³-hybridized carbons (Fsp3) is 0.917. The molecule has 0 aromatic rings. The van der Waals surface area contributed by atoms with E-state index in [0.29, 0.717) is 13.0 Å². The van der Waals surface area contributed by atoms with Crippen LogP contribution in [0.15, 0.2) is 0 Å². The molecule has 1 N–H and O–H groups in total. The lowest BCUT2D eigenvalue weighted by Gasteiger charge is -2.41. The summed E-state index contributed by atoms with van der Waals surface area (Å²) >= 11 is 0. The third-order valence-corrected chi connectivity index (χ3v) is 5.26. The second-order valence-corrected chi connectivity index (χ2v) is 6.95. The van der Waals surface area contributed by atoms with E-state index in [0.717, 1.165) is 19.3 Å². The fourth-order valence-corrected chi connectivity index (χ4v) is 3.37. The number of carbonyl (C=O) groups excluding carboxylic acids is 1. The molecule has 0 aliphatic heterocycles. The number of hydrogen-bond donors (Lipinski definition) is 1. The zero-order valence-corrected chi connectivity index (χ0v) is 12.0. The second-order valence-electron chi connectivity index (χ2n) is 5.03. The molecule has 0 heterocycles. The number of ether oxygens (including phenoxy) is 1. The topological polar surface area (TPSA) is 72.5 Å². The molecule has 0 amide bonds. The first kappa shape index (κ1) is 15.4. The monoisotopic (exact) mass is 277 g/mol. The molecule has 1 fully saturated rings. The minimum Gasteiger partial charge on any atom is -0.469 e. The van der Waals surface area contributed by atoms with E-state index in [4.69, 9.17) is 0 Å². The zero-order valence-electron chi connectivity index (χ0n) is 11.2. The van der Waals surface area contributed by atoms with E-state index in [1.54, 1.807) is 0 Å². The number of nitrogens with one attached hydrogen (secondary N) is 1. The van der Waals surface area contributed by atoms with Crippen LogP contribution in [0.4, 0.5) is 0 Å². The summed E-state index contributed by atoms with van der Waals surface area (Å²) < 4.78 is 30.6. The van der Waals surface area contributed by atoms with Crippen LogP contribution in [0.3, 0.4) is 0 Å². The summed E-state index contributed by atoms with van der Waals surface area (Å²) in [6, 6.07) is 0. The van der Waals surface area contributed by atoms with Crippen molar-refractivity contribution >= 4 is 16.0 Å². The van der Waals surface area contributed by atoms with Crippen molar-refractivity contribution in [3.8, 4) is 0 Å². The minimum absolute atomic E-state index is 0.0120. The van der Waals surface area contributed by atoms with Crippen LogP contribution in [0.25, 0.3) is 0 Å². The molecule has 1 aliphatic rings. The van der Waals surface area contributed by atoms with Crippen LogP contribution in [0.2, 0.25) is 0 Å². The molecule has 0 spiro atoms. The van der Waals surface area contributed by atoms with Gasteiger partial charge in [-0.15, -0.1) is 0 Å². The zero-order chi connectivity index (χ0) is 13.6. The summed E-state index contributed by atoms with van der Waals surface area (Å²) in [6.07, 6.45) is 4.87. The molecule has 6 heteroatoms. The second kappa shape index (κ2) is 6.52. The van der Waals surface area contributed by atoms with Crippen molar-refractivity contribution in [2.75, 3.05) is 19.4 Å². The lowest BCUT2D eigenvalue weighted by atomic mass is 9.67. The van der Waals surface area contributed by atoms with Crippen molar-refractivity contribution < 1.29 is 17.9 Å². The van der Waals surface area contributed by atoms with Gasteiger partial charge in [0.25, 0.3) is 0 Å². The first-order chi connectivity index (χ1) is 8.43. The summed E-state index contributed by atoms with van der Waals surface area (Å²) in [4.78, 5) is 10.9. The summed E-state index contributed by atoms with van der Waals surface area (Å²) in [6.45, 7) is 2.63. The molecule has 1 rings (SSSR count). The van der Waals surface area contributed by atoms with E-state index in [1.165, 1.54) is 13.5 Å². The molecule has 0 atom stereocenters. The molecule has 0 aromatic heterocycles. The highest BCUT2D eigenvalue weighted by Crippen LogP contribution is 2.43. The number of esters is 1. The average Bonchev–Trinajstić information content (AvgIpc) is 2.27. The van der Waals surface area contributed by atoms with Crippen molar-refractivity contribution in [3.05, 3.63) is 0 Å². The highest BCUT2D eigenvalue weighted by atomic mass is 32.2. The Balaban J connectivity index is 2.29. The smallest absolute Gasteiger partial charge is 0.305 e. The third-order valence-electron chi connectivity index (χ3n) is 3.85. The maximum Gasteiger partial charge on any atom is 0.305 e. The third kappa shape index (κ3) is 4.57. The summed E-state index contributed by atoms with van der Waals surface area (Å²) in [7, 11) is -1.96. The molecule has 0 unspecified atom stereocenters. The van der Waals surface area contributed by atoms with Crippen LogP contribution in [0, 0.1) is 5.41 Å². The first-order valence-corrected chi connectivity index (χ1v) is 8.12. The van der Waals surface area contributed by atoms with E-state index in [1.807, 2.05) is 0 Å². The largest absolute Gasteiger partial charge is 0.469 e. The maximum atomic E-state index is 11.7. The van der Waals surface area contributed by atoms with Crippen LogP contribution in [0.1, 0.15) is 45.4 Å². The van der Waals surface area contributed by atoms with E-state index in [9.17, 15) is 13.2 Å². The average molecular weight is 277 g/mol. The van der Waals surface area contributed by atoms with Crippen molar-refractivity contribution in [3.63, 3.8) is 0 Å².